The highest BCUT2D eigenvalue weighted by molar-refractivity contribution is 8.00. The monoisotopic (exact) mass is 411 g/mol. The summed E-state index contributed by atoms with van der Waals surface area (Å²) in [4.78, 5) is 17.9. The molecule has 3 heterocycles. The molecule has 1 unspecified atom stereocenters. The lowest BCUT2D eigenvalue weighted by Crippen LogP contribution is -2.38. The van der Waals surface area contributed by atoms with Gasteiger partial charge in [-0.15, -0.1) is 10.2 Å². The number of hydrogen-bond donors (Lipinski definition) is 0. The van der Waals surface area contributed by atoms with Crippen molar-refractivity contribution in [1.82, 2.24) is 19.7 Å². The quantitative estimate of drug-likeness (QED) is 0.671. The Balaban J connectivity index is 1.45. The average molecular weight is 412 g/mol. The van der Waals surface area contributed by atoms with Crippen molar-refractivity contribution in [2.75, 3.05) is 31.1 Å². The SMILES string of the molecule is O=C(C(Sc1nnc(N2CCCC2)n1C1CC1)c1ccccc1)N1CCCCC1. The molecular formula is C22H29N5OS. The van der Waals surface area contributed by atoms with E-state index < -0.39 is 0 Å². The van der Waals surface area contributed by atoms with E-state index >= 15 is 0 Å². The molecule has 1 amide bonds. The van der Waals surface area contributed by atoms with Gasteiger partial charge in [0.15, 0.2) is 5.16 Å². The molecule has 1 atom stereocenters. The van der Waals surface area contributed by atoms with Gasteiger partial charge in [-0.3, -0.25) is 9.36 Å². The second kappa shape index (κ2) is 8.38. The third kappa shape index (κ3) is 4.02. The Morgan fingerprint density at radius 1 is 0.931 bits per heavy atom. The van der Waals surface area contributed by atoms with E-state index in [1.54, 1.807) is 11.8 Å². The highest BCUT2D eigenvalue weighted by atomic mass is 32.2. The number of piperidine rings is 1. The zero-order valence-corrected chi connectivity index (χ0v) is 17.7. The van der Waals surface area contributed by atoms with E-state index in [2.05, 4.69) is 31.8 Å². The number of carbonyl (C=O) groups excluding carboxylic acids is 1. The minimum atomic E-state index is -0.262. The molecule has 1 aliphatic carbocycles. The summed E-state index contributed by atoms with van der Waals surface area (Å²) >= 11 is 1.59. The van der Waals surface area contributed by atoms with Crippen LogP contribution in [-0.2, 0) is 4.79 Å². The molecule has 1 aromatic carbocycles. The molecule has 0 bridgehead atoms. The van der Waals surface area contributed by atoms with Gasteiger partial charge in [0.05, 0.1) is 0 Å². The molecule has 1 saturated carbocycles. The third-order valence-electron chi connectivity index (χ3n) is 6.17. The van der Waals surface area contributed by atoms with E-state index in [0.717, 1.165) is 55.7 Å². The molecule has 0 spiro atoms. The van der Waals surface area contributed by atoms with Gasteiger partial charge in [0.25, 0.3) is 0 Å². The minimum Gasteiger partial charge on any atom is -0.341 e. The molecule has 1 aromatic heterocycles. The predicted octanol–water partition coefficient (Wildman–Crippen LogP) is 4.06. The summed E-state index contributed by atoms with van der Waals surface area (Å²) in [5.74, 6) is 1.22. The van der Waals surface area contributed by atoms with Gasteiger partial charge in [-0.1, -0.05) is 42.1 Å². The fourth-order valence-electron chi connectivity index (χ4n) is 4.41. The lowest BCUT2D eigenvalue weighted by atomic mass is 10.1. The number of aromatic nitrogens is 3. The number of rotatable bonds is 6. The molecule has 2 saturated heterocycles. The smallest absolute Gasteiger partial charge is 0.240 e. The minimum absolute atomic E-state index is 0.217. The van der Waals surface area contributed by atoms with E-state index in [0.29, 0.717) is 6.04 Å². The molecule has 3 aliphatic rings. The maximum atomic E-state index is 13.5. The van der Waals surface area contributed by atoms with Crippen molar-refractivity contribution in [2.24, 2.45) is 0 Å². The standard InChI is InChI=1S/C22H29N5OS/c28-20(25-13-5-2-6-14-25)19(17-9-3-1-4-10-17)29-22-24-23-21(26-15-7-8-16-26)27(22)18-11-12-18/h1,3-4,9-10,18-19H,2,5-8,11-16H2. The Hall–Kier alpha value is -2.02. The van der Waals surface area contributed by atoms with Crippen LogP contribution in [0.3, 0.4) is 0 Å². The molecule has 2 aromatic rings. The summed E-state index contributed by atoms with van der Waals surface area (Å²) in [7, 11) is 0. The first-order valence-electron chi connectivity index (χ1n) is 11.0. The van der Waals surface area contributed by atoms with Crippen LogP contribution in [-0.4, -0.2) is 51.8 Å². The molecule has 6 nitrogen and oxygen atoms in total. The summed E-state index contributed by atoms with van der Waals surface area (Å²) < 4.78 is 2.31. The van der Waals surface area contributed by atoms with Gasteiger partial charge in [-0.2, -0.15) is 0 Å². The summed E-state index contributed by atoms with van der Waals surface area (Å²) in [5, 5.41) is 9.78. The van der Waals surface area contributed by atoms with Crippen LogP contribution in [0.4, 0.5) is 5.95 Å². The van der Waals surface area contributed by atoms with Crippen LogP contribution >= 0.6 is 11.8 Å². The first-order chi connectivity index (χ1) is 14.3. The lowest BCUT2D eigenvalue weighted by molar-refractivity contribution is -0.131. The van der Waals surface area contributed by atoms with Crippen molar-refractivity contribution >= 4 is 23.6 Å². The first-order valence-corrected chi connectivity index (χ1v) is 11.9. The van der Waals surface area contributed by atoms with E-state index in [4.69, 9.17) is 0 Å². The highest BCUT2D eigenvalue weighted by Gasteiger charge is 2.35. The number of anilines is 1. The van der Waals surface area contributed by atoms with Crippen LogP contribution in [0.25, 0.3) is 0 Å². The van der Waals surface area contributed by atoms with E-state index in [1.807, 2.05) is 23.1 Å². The van der Waals surface area contributed by atoms with Crippen LogP contribution in [0.5, 0.6) is 0 Å². The van der Waals surface area contributed by atoms with Crippen molar-refractivity contribution in [3.63, 3.8) is 0 Å². The van der Waals surface area contributed by atoms with Crippen molar-refractivity contribution in [3.05, 3.63) is 35.9 Å². The van der Waals surface area contributed by atoms with Crippen molar-refractivity contribution in [3.8, 4) is 0 Å². The summed E-state index contributed by atoms with van der Waals surface area (Å²) in [6.07, 6.45) is 8.25. The molecule has 5 rings (SSSR count). The lowest BCUT2D eigenvalue weighted by Gasteiger charge is -2.30. The normalized spacial score (nSPS) is 20.8. The Kier molecular flexibility index (Phi) is 5.48. The van der Waals surface area contributed by atoms with Crippen molar-refractivity contribution in [1.29, 1.82) is 0 Å². The third-order valence-corrected chi connectivity index (χ3v) is 7.36. The zero-order valence-electron chi connectivity index (χ0n) is 16.9. The Bertz CT molecular complexity index is 838. The summed E-state index contributed by atoms with van der Waals surface area (Å²) in [6.45, 7) is 3.86. The predicted molar refractivity (Wildman–Crippen MR) is 115 cm³/mol. The van der Waals surface area contributed by atoms with E-state index in [1.165, 1.54) is 32.1 Å². The van der Waals surface area contributed by atoms with Crippen LogP contribution in [0.2, 0.25) is 0 Å². The summed E-state index contributed by atoms with van der Waals surface area (Å²) in [5.41, 5.74) is 1.06. The van der Waals surface area contributed by atoms with Gasteiger partial charge >= 0.3 is 0 Å². The molecule has 154 valence electrons. The average Bonchev–Trinajstić information content (AvgIpc) is 3.30. The van der Waals surface area contributed by atoms with Gasteiger partial charge in [-0.25, -0.2) is 0 Å². The largest absolute Gasteiger partial charge is 0.341 e. The molecule has 2 aliphatic heterocycles. The number of benzene rings is 1. The molecule has 0 N–H and O–H groups in total. The van der Waals surface area contributed by atoms with Crippen molar-refractivity contribution < 1.29 is 4.79 Å². The van der Waals surface area contributed by atoms with Gasteiger partial charge in [0.1, 0.15) is 5.25 Å². The number of carbonyl (C=O) groups is 1. The zero-order chi connectivity index (χ0) is 19.6. The fraction of sp³-hybridized carbons (Fsp3) is 0.591. The number of nitrogens with zero attached hydrogens (tertiary/aromatic N) is 5. The van der Waals surface area contributed by atoms with Crippen LogP contribution in [0, 0.1) is 0 Å². The second-order valence-corrected chi connectivity index (χ2v) is 9.44. The van der Waals surface area contributed by atoms with Gasteiger partial charge in [-0.05, 0) is 50.5 Å². The highest BCUT2D eigenvalue weighted by Crippen LogP contribution is 2.45. The van der Waals surface area contributed by atoms with Gasteiger partial charge in [0.2, 0.25) is 11.9 Å². The van der Waals surface area contributed by atoms with E-state index in [9.17, 15) is 4.79 Å². The Labute approximate surface area is 176 Å². The number of thioether (sulfide) groups is 1. The fourth-order valence-corrected chi connectivity index (χ4v) is 5.60. The maximum Gasteiger partial charge on any atom is 0.240 e. The van der Waals surface area contributed by atoms with E-state index in [-0.39, 0.29) is 11.2 Å². The Morgan fingerprint density at radius 2 is 1.62 bits per heavy atom. The van der Waals surface area contributed by atoms with Gasteiger partial charge in [0, 0.05) is 32.2 Å². The number of amides is 1. The number of likely N-dealkylation sites (tertiary alicyclic amines) is 1. The molecule has 7 heteroatoms. The van der Waals surface area contributed by atoms with Crippen LogP contribution in [0.15, 0.2) is 35.5 Å². The summed E-state index contributed by atoms with van der Waals surface area (Å²) in [6, 6.07) is 10.7. The molecule has 0 radical (unpaired) electrons. The molecule has 29 heavy (non-hydrogen) atoms. The Morgan fingerprint density at radius 3 is 2.31 bits per heavy atom. The number of hydrogen-bond acceptors (Lipinski definition) is 5. The molecular weight excluding hydrogens is 382 g/mol. The van der Waals surface area contributed by atoms with Crippen LogP contribution < -0.4 is 4.90 Å². The maximum absolute atomic E-state index is 13.5. The van der Waals surface area contributed by atoms with Gasteiger partial charge < -0.3 is 9.80 Å². The van der Waals surface area contributed by atoms with Crippen molar-refractivity contribution in [2.45, 2.75) is 61.4 Å². The topological polar surface area (TPSA) is 54.3 Å². The first kappa shape index (κ1) is 19.0. The second-order valence-electron chi connectivity index (χ2n) is 8.37. The van der Waals surface area contributed by atoms with Crippen LogP contribution in [0.1, 0.15) is 61.8 Å². The molecule has 3 fully saturated rings.